The standard InChI is InChI=1S/C14H16ClNO3S/c1-2-11(10-20(15,17)18)9-19-14-7-3-6-13-12(14)5-4-8-16-13/h3-8,11H,2,9-10H2,1H3. The van der Waals surface area contributed by atoms with Crippen LogP contribution in [0.25, 0.3) is 10.9 Å². The van der Waals surface area contributed by atoms with Crippen LogP contribution >= 0.6 is 10.7 Å². The van der Waals surface area contributed by atoms with Crippen molar-refractivity contribution in [3.63, 3.8) is 0 Å². The molecule has 0 aliphatic carbocycles. The van der Waals surface area contributed by atoms with Crippen molar-refractivity contribution in [3.05, 3.63) is 36.5 Å². The summed E-state index contributed by atoms with van der Waals surface area (Å²) in [4.78, 5) is 4.25. The molecule has 20 heavy (non-hydrogen) atoms. The first-order chi connectivity index (χ1) is 9.49. The van der Waals surface area contributed by atoms with E-state index in [4.69, 9.17) is 15.4 Å². The van der Waals surface area contributed by atoms with E-state index in [1.54, 1.807) is 6.20 Å². The summed E-state index contributed by atoms with van der Waals surface area (Å²) in [7, 11) is 1.79. The van der Waals surface area contributed by atoms with Gasteiger partial charge < -0.3 is 4.74 Å². The Morgan fingerprint density at radius 1 is 1.30 bits per heavy atom. The number of fused-ring (bicyclic) bond motifs is 1. The maximum Gasteiger partial charge on any atom is 0.232 e. The van der Waals surface area contributed by atoms with Crippen molar-refractivity contribution in [2.24, 2.45) is 5.92 Å². The second-order valence-corrected chi connectivity index (χ2v) is 7.44. The number of hydrogen-bond donors (Lipinski definition) is 0. The Labute approximate surface area is 123 Å². The van der Waals surface area contributed by atoms with E-state index in [2.05, 4.69) is 4.98 Å². The summed E-state index contributed by atoms with van der Waals surface area (Å²) in [5.74, 6) is 0.513. The van der Waals surface area contributed by atoms with Gasteiger partial charge in [-0.05, 0) is 30.7 Å². The van der Waals surface area contributed by atoms with Crippen LogP contribution in [0.2, 0.25) is 0 Å². The highest BCUT2D eigenvalue weighted by Crippen LogP contribution is 2.24. The largest absolute Gasteiger partial charge is 0.493 e. The average Bonchev–Trinajstić information content (AvgIpc) is 2.42. The lowest BCUT2D eigenvalue weighted by molar-refractivity contribution is 0.260. The highest BCUT2D eigenvalue weighted by molar-refractivity contribution is 8.13. The maximum atomic E-state index is 11.1. The minimum atomic E-state index is -3.50. The van der Waals surface area contributed by atoms with Gasteiger partial charge in [0, 0.05) is 28.2 Å². The molecule has 0 fully saturated rings. The van der Waals surface area contributed by atoms with E-state index in [0.717, 1.165) is 10.9 Å². The van der Waals surface area contributed by atoms with Crippen LogP contribution in [0.4, 0.5) is 0 Å². The first kappa shape index (κ1) is 15.1. The average molecular weight is 314 g/mol. The van der Waals surface area contributed by atoms with Crippen LogP contribution in [0.3, 0.4) is 0 Å². The van der Waals surface area contributed by atoms with Gasteiger partial charge >= 0.3 is 0 Å². The van der Waals surface area contributed by atoms with Crippen molar-refractivity contribution in [1.82, 2.24) is 4.98 Å². The molecule has 1 aromatic carbocycles. The fraction of sp³-hybridized carbons (Fsp3) is 0.357. The Morgan fingerprint density at radius 2 is 2.10 bits per heavy atom. The summed E-state index contributed by atoms with van der Waals surface area (Å²) in [6.45, 7) is 2.23. The fourth-order valence-corrected chi connectivity index (χ4v) is 3.40. The Kier molecular flexibility index (Phi) is 4.83. The van der Waals surface area contributed by atoms with Crippen molar-refractivity contribution in [1.29, 1.82) is 0 Å². The third kappa shape index (κ3) is 4.08. The topological polar surface area (TPSA) is 56.3 Å². The molecule has 0 amide bonds. The molecule has 108 valence electrons. The van der Waals surface area contributed by atoms with Gasteiger partial charge in [0.2, 0.25) is 9.05 Å². The van der Waals surface area contributed by atoms with Crippen LogP contribution in [-0.4, -0.2) is 25.8 Å². The Morgan fingerprint density at radius 3 is 2.80 bits per heavy atom. The van der Waals surface area contributed by atoms with E-state index in [1.807, 2.05) is 37.3 Å². The summed E-state index contributed by atoms with van der Waals surface area (Å²) in [6.07, 6.45) is 2.41. The van der Waals surface area contributed by atoms with Crippen molar-refractivity contribution in [2.45, 2.75) is 13.3 Å². The second-order valence-electron chi connectivity index (χ2n) is 4.62. The van der Waals surface area contributed by atoms with Crippen molar-refractivity contribution in [2.75, 3.05) is 12.4 Å². The molecular weight excluding hydrogens is 298 g/mol. The molecule has 2 aromatic rings. The lowest BCUT2D eigenvalue weighted by atomic mass is 10.1. The van der Waals surface area contributed by atoms with Gasteiger partial charge in [0.1, 0.15) is 5.75 Å². The van der Waals surface area contributed by atoms with Gasteiger partial charge in [-0.2, -0.15) is 0 Å². The predicted octanol–water partition coefficient (Wildman–Crippen LogP) is 3.21. The first-order valence-electron chi connectivity index (χ1n) is 6.38. The molecule has 0 saturated heterocycles. The van der Waals surface area contributed by atoms with Crippen LogP contribution < -0.4 is 4.74 Å². The van der Waals surface area contributed by atoms with E-state index in [-0.39, 0.29) is 11.7 Å². The SMILES string of the molecule is CCC(COc1cccc2ncccc12)CS(=O)(=O)Cl. The fourth-order valence-electron chi connectivity index (χ4n) is 1.97. The molecule has 0 N–H and O–H groups in total. The molecule has 0 radical (unpaired) electrons. The minimum Gasteiger partial charge on any atom is -0.493 e. The molecule has 2 rings (SSSR count). The molecular formula is C14H16ClNO3S. The minimum absolute atomic E-state index is 0.0753. The summed E-state index contributed by atoms with van der Waals surface area (Å²) < 4.78 is 28.0. The van der Waals surface area contributed by atoms with Gasteiger partial charge in [-0.3, -0.25) is 4.98 Å². The number of benzene rings is 1. The summed E-state index contributed by atoms with van der Waals surface area (Å²) in [5.41, 5.74) is 0.850. The number of nitrogens with zero attached hydrogens (tertiary/aromatic N) is 1. The van der Waals surface area contributed by atoms with E-state index in [0.29, 0.717) is 18.8 Å². The van der Waals surface area contributed by atoms with Gasteiger partial charge in [0.25, 0.3) is 0 Å². The van der Waals surface area contributed by atoms with Gasteiger partial charge in [-0.1, -0.05) is 13.0 Å². The summed E-state index contributed by atoms with van der Waals surface area (Å²) in [6, 6.07) is 9.39. The van der Waals surface area contributed by atoms with E-state index >= 15 is 0 Å². The number of hydrogen-bond acceptors (Lipinski definition) is 4. The Hall–Kier alpha value is -1.33. The van der Waals surface area contributed by atoms with Gasteiger partial charge in [0.15, 0.2) is 0 Å². The van der Waals surface area contributed by atoms with E-state index < -0.39 is 9.05 Å². The zero-order valence-electron chi connectivity index (χ0n) is 11.1. The summed E-state index contributed by atoms with van der Waals surface area (Å²) >= 11 is 0. The van der Waals surface area contributed by atoms with Crippen molar-refractivity contribution < 1.29 is 13.2 Å². The number of pyridine rings is 1. The highest BCUT2D eigenvalue weighted by atomic mass is 35.7. The van der Waals surface area contributed by atoms with Crippen molar-refractivity contribution >= 4 is 30.6 Å². The number of aromatic nitrogens is 1. The normalized spacial score (nSPS) is 13.3. The molecule has 0 spiro atoms. The lowest BCUT2D eigenvalue weighted by Gasteiger charge is -2.15. The van der Waals surface area contributed by atoms with Gasteiger partial charge in [-0.25, -0.2) is 8.42 Å². The Balaban J connectivity index is 2.12. The third-order valence-corrected chi connectivity index (χ3v) is 4.34. The number of ether oxygens (including phenoxy) is 1. The maximum absolute atomic E-state index is 11.1. The molecule has 0 saturated carbocycles. The molecule has 0 aliphatic rings. The first-order valence-corrected chi connectivity index (χ1v) is 8.86. The van der Waals surface area contributed by atoms with E-state index in [1.165, 1.54) is 0 Å². The number of halogens is 1. The van der Waals surface area contributed by atoms with Crippen LogP contribution in [0.5, 0.6) is 5.75 Å². The molecule has 1 unspecified atom stereocenters. The molecule has 0 aliphatic heterocycles. The lowest BCUT2D eigenvalue weighted by Crippen LogP contribution is -2.19. The van der Waals surface area contributed by atoms with Crippen LogP contribution in [-0.2, 0) is 9.05 Å². The van der Waals surface area contributed by atoms with Crippen LogP contribution in [0, 0.1) is 5.92 Å². The summed E-state index contributed by atoms with van der Waals surface area (Å²) in [5, 5.41) is 0.915. The highest BCUT2D eigenvalue weighted by Gasteiger charge is 2.16. The molecule has 1 aromatic heterocycles. The molecule has 0 bridgehead atoms. The van der Waals surface area contributed by atoms with Crippen LogP contribution in [0.15, 0.2) is 36.5 Å². The third-order valence-electron chi connectivity index (χ3n) is 3.09. The quantitative estimate of drug-likeness (QED) is 0.768. The van der Waals surface area contributed by atoms with Gasteiger partial charge in [-0.15, -0.1) is 0 Å². The monoisotopic (exact) mass is 313 g/mol. The molecule has 1 heterocycles. The van der Waals surface area contributed by atoms with Crippen LogP contribution in [0.1, 0.15) is 13.3 Å². The van der Waals surface area contributed by atoms with E-state index in [9.17, 15) is 8.42 Å². The zero-order valence-corrected chi connectivity index (χ0v) is 12.7. The molecule has 1 atom stereocenters. The number of rotatable bonds is 6. The van der Waals surface area contributed by atoms with Crippen molar-refractivity contribution in [3.8, 4) is 5.75 Å². The zero-order chi connectivity index (χ0) is 14.6. The smallest absolute Gasteiger partial charge is 0.232 e. The van der Waals surface area contributed by atoms with Gasteiger partial charge in [0.05, 0.1) is 17.9 Å². The predicted molar refractivity (Wildman–Crippen MR) is 80.7 cm³/mol. The molecule has 6 heteroatoms. The Bertz CT molecular complexity index is 682. The second kappa shape index (κ2) is 6.41. The molecule has 4 nitrogen and oxygen atoms in total.